The second-order valence-corrected chi connectivity index (χ2v) is 3.85. The van der Waals surface area contributed by atoms with Gasteiger partial charge in [-0.05, 0) is 33.1 Å². The summed E-state index contributed by atoms with van der Waals surface area (Å²) in [6, 6.07) is -0.420. The molecule has 14 heavy (non-hydrogen) atoms. The van der Waals surface area contributed by atoms with Crippen LogP contribution in [-0.2, 0) is 0 Å². The highest BCUT2D eigenvalue weighted by Gasteiger charge is 2.25. The van der Waals surface area contributed by atoms with Gasteiger partial charge < -0.3 is 4.90 Å². The summed E-state index contributed by atoms with van der Waals surface area (Å²) in [6.07, 6.45) is 3.22. The maximum atomic E-state index is 11.7. The SMILES string of the molecule is CC(C)N(N=O)C(=O)N1CCCCC1. The number of urea groups is 1. The first-order valence-corrected chi connectivity index (χ1v) is 5.08. The third-order valence-corrected chi connectivity index (χ3v) is 2.40. The first kappa shape index (κ1) is 10.9. The van der Waals surface area contributed by atoms with Crippen molar-refractivity contribution in [3.8, 4) is 0 Å². The second kappa shape index (κ2) is 4.93. The number of amides is 2. The molecule has 0 N–H and O–H groups in total. The molecule has 0 atom stereocenters. The Morgan fingerprint density at radius 1 is 1.29 bits per heavy atom. The van der Waals surface area contributed by atoms with E-state index in [2.05, 4.69) is 5.29 Å². The zero-order chi connectivity index (χ0) is 10.6. The molecule has 0 radical (unpaired) electrons. The van der Waals surface area contributed by atoms with Crippen LogP contribution in [0.2, 0.25) is 0 Å². The molecule has 80 valence electrons. The Bertz CT molecular complexity index is 212. The third kappa shape index (κ3) is 2.43. The van der Waals surface area contributed by atoms with E-state index in [0.717, 1.165) is 30.9 Å². The smallest absolute Gasteiger partial charge is 0.323 e. The van der Waals surface area contributed by atoms with E-state index < -0.39 is 0 Å². The standard InChI is InChI=1S/C9H17N3O2/c1-8(2)12(10-14)9(13)11-6-4-3-5-7-11/h8H,3-7H2,1-2H3. The van der Waals surface area contributed by atoms with E-state index in [9.17, 15) is 9.70 Å². The summed E-state index contributed by atoms with van der Waals surface area (Å²) < 4.78 is 0. The van der Waals surface area contributed by atoms with Gasteiger partial charge in [0.25, 0.3) is 0 Å². The number of nitrogens with zero attached hydrogens (tertiary/aromatic N) is 3. The number of piperidine rings is 1. The molecule has 0 bridgehead atoms. The van der Waals surface area contributed by atoms with Crippen LogP contribution >= 0.6 is 0 Å². The molecule has 0 aromatic rings. The van der Waals surface area contributed by atoms with Crippen LogP contribution in [0.4, 0.5) is 4.79 Å². The molecule has 2 amide bonds. The van der Waals surface area contributed by atoms with Crippen LogP contribution in [0.15, 0.2) is 5.29 Å². The summed E-state index contributed by atoms with van der Waals surface area (Å²) in [6.45, 7) is 5.06. The van der Waals surface area contributed by atoms with E-state index >= 15 is 0 Å². The van der Waals surface area contributed by atoms with Gasteiger partial charge in [-0.15, -0.1) is 4.91 Å². The summed E-state index contributed by atoms with van der Waals surface area (Å²) in [4.78, 5) is 23.9. The number of hydrogen-bond acceptors (Lipinski definition) is 3. The minimum atomic E-state index is -0.255. The van der Waals surface area contributed by atoms with Crippen LogP contribution in [-0.4, -0.2) is 35.1 Å². The monoisotopic (exact) mass is 199 g/mol. The fourth-order valence-electron chi connectivity index (χ4n) is 1.58. The van der Waals surface area contributed by atoms with E-state index in [4.69, 9.17) is 0 Å². The Hall–Kier alpha value is -1.13. The first-order valence-electron chi connectivity index (χ1n) is 5.08. The van der Waals surface area contributed by atoms with E-state index in [1.54, 1.807) is 18.7 Å². The van der Waals surface area contributed by atoms with E-state index in [-0.39, 0.29) is 12.1 Å². The fraction of sp³-hybridized carbons (Fsp3) is 0.889. The Morgan fingerprint density at radius 3 is 2.29 bits per heavy atom. The van der Waals surface area contributed by atoms with Gasteiger partial charge in [0.2, 0.25) is 0 Å². The van der Waals surface area contributed by atoms with E-state index in [1.807, 2.05) is 0 Å². The predicted molar refractivity (Wildman–Crippen MR) is 53.6 cm³/mol. The van der Waals surface area contributed by atoms with Gasteiger partial charge in [0, 0.05) is 13.1 Å². The molecule has 1 aliphatic rings. The minimum absolute atomic E-state index is 0.165. The molecule has 1 heterocycles. The van der Waals surface area contributed by atoms with Crippen molar-refractivity contribution < 1.29 is 4.79 Å². The normalized spacial score (nSPS) is 16.9. The van der Waals surface area contributed by atoms with Crippen LogP contribution in [0.25, 0.3) is 0 Å². The molecule has 0 spiro atoms. The summed E-state index contributed by atoms with van der Waals surface area (Å²) in [5.74, 6) is 0. The number of likely N-dealkylation sites (tertiary alicyclic amines) is 1. The molecule has 1 saturated heterocycles. The average Bonchev–Trinajstić information content (AvgIpc) is 2.19. The molecule has 1 fully saturated rings. The third-order valence-electron chi connectivity index (χ3n) is 2.40. The summed E-state index contributed by atoms with van der Waals surface area (Å²) >= 11 is 0. The lowest BCUT2D eigenvalue weighted by molar-refractivity contribution is 0.132. The van der Waals surface area contributed by atoms with Gasteiger partial charge >= 0.3 is 6.03 Å². The predicted octanol–water partition coefficient (Wildman–Crippen LogP) is 1.98. The fourth-order valence-corrected chi connectivity index (χ4v) is 1.58. The lowest BCUT2D eigenvalue weighted by Gasteiger charge is -2.30. The molecule has 1 aliphatic heterocycles. The second-order valence-electron chi connectivity index (χ2n) is 3.85. The molecular formula is C9H17N3O2. The molecule has 0 aromatic heterocycles. The summed E-state index contributed by atoms with van der Waals surface area (Å²) in [5.41, 5.74) is 0. The number of nitroso groups, excluding NO2 is 1. The van der Waals surface area contributed by atoms with Crippen LogP contribution in [0.3, 0.4) is 0 Å². The van der Waals surface area contributed by atoms with Crippen LogP contribution in [0.1, 0.15) is 33.1 Å². The van der Waals surface area contributed by atoms with Gasteiger partial charge in [0.1, 0.15) is 0 Å². The highest BCUT2D eigenvalue weighted by molar-refractivity contribution is 5.74. The molecular weight excluding hydrogens is 182 g/mol. The number of carbonyl (C=O) groups is 1. The summed E-state index contributed by atoms with van der Waals surface area (Å²) in [5, 5.41) is 3.76. The Morgan fingerprint density at radius 2 is 1.86 bits per heavy atom. The maximum absolute atomic E-state index is 11.7. The van der Waals surface area contributed by atoms with Crippen LogP contribution in [0, 0.1) is 4.91 Å². The van der Waals surface area contributed by atoms with Gasteiger partial charge in [-0.2, -0.15) is 5.01 Å². The molecule has 1 rings (SSSR count). The van der Waals surface area contributed by atoms with Crippen molar-refractivity contribution in [3.05, 3.63) is 4.91 Å². The lowest BCUT2D eigenvalue weighted by atomic mass is 10.1. The van der Waals surface area contributed by atoms with Crippen LogP contribution < -0.4 is 0 Å². The molecule has 0 unspecified atom stereocenters. The van der Waals surface area contributed by atoms with Crippen molar-refractivity contribution in [3.63, 3.8) is 0 Å². The lowest BCUT2D eigenvalue weighted by Crippen LogP contribution is -2.45. The minimum Gasteiger partial charge on any atom is -0.323 e. The van der Waals surface area contributed by atoms with E-state index in [0.29, 0.717) is 0 Å². The first-order chi connectivity index (χ1) is 6.66. The average molecular weight is 199 g/mol. The molecule has 0 aromatic carbocycles. The van der Waals surface area contributed by atoms with Crippen molar-refractivity contribution in [1.29, 1.82) is 0 Å². The molecule has 0 aliphatic carbocycles. The largest absolute Gasteiger partial charge is 0.343 e. The molecule has 5 heteroatoms. The Kier molecular flexibility index (Phi) is 3.85. The van der Waals surface area contributed by atoms with Gasteiger partial charge in [0.05, 0.1) is 11.3 Å². The maximum Gasteiger partial charge on any atom is 0.343 e. The molecule has 0 saturated carbocycles. The van der Waals surface area contributed by atoms with Gasteiger partial charge in [0.15, 0.2) is 0 Å². The highest BCUT2D eigenvalue weighted by Crippen LogP contribution is 2.12. The Labute approximate surface area is 84.0 Å². The zero-order valence-electron chi connectivity index (χ0n) is 8.77. The van der Waals surface area contributed by atoms with Crippen molar-refractivity contribution in [2.75, 3.05) is 13.1 Å². The number of hydrogen-bond donors (Lipinski definition) is 0. The zero-order valence-corrected chi connectivity index (χ0v) is 8.77. The van der Waals surface area contributed by atoms with Crippen molar-refractivity contribution in [1.82, 2.24) is 9.91 Å². The molecule has 5 nitrogen and oxygen atoms in total. The van der Waals surface area contributed by atoms with Crippen LogP contribution in [0.5, 0.6) is 0 Å². The Balaban J connectivity index is 2.56. The number of carbonyl (C=O) groups excluding carboxylic acids is 1. The van der Waals surface area contributed by atoms with Crippen molar-refractivity contribution in [2.45, 2.75) is 39.2 Å². The van der Waals surface area contributed by atoms with Crippen molar-refractivity contribution >= 4 is 6.03 Å². The van der Waals surface area contributed by atoms with Crippen molar-refractivity contribution in [2.24, 2.45) is 5.29 Å². The quantitative estimate of drug-likeness (QED) is 0.504. The highest BCUT2D eigenvalue weighted by atomic mass is 16.3. The topological polar surface area (TPSA) is 53.0 Å². The van der Waals surface area contributed by atoms with Gasteiger partial charge in [-0.25, -0.2) is 4.79 Å². The van der Waals surface area contributed by atoms with E-state index in [1.165, 1.54) is 6.42 Å². The summed E-state index contributed by atoms with van der Waals surface area (Å²) in [7, 11) is 0. The van der Waals surface area contributed by atoms with Gasteiger partial charge in [-0.1, -0.05) is 0 Å². The van der Waals surface area contributed by atoms with Gasteiger partial charge in [-0.3, -0.25) is 0 Å². The number of rotatable bonds is 2.